The van der Waals surface area contributed by atoms with E-state index in [-0.39, 0.29) is 5.56 Å². The van der Waals surface area contributed by atoms with Crippen LogP contribution in [-0.2, 0) is 0 Å². The lowest BCUT2D eigenvalue weighted by Gasteiger charge is -2.03. The highest BCUT2D eigenvalue weighted by Gasteiger charge is 2.06. The number of hydrogen-bond donors (Lipinski definition) is 1. The first-order valence-corrected chi connectivity index (χ1v) is 5.13. The Balaban J connectivity index is 2.46. The fraction of sp³-hybridized carbons (Fsp3) is 0. The molecule has 4 nitrogen and oxygen atoms in total. The number of aromatic carboxylic acids is 1. The summed E-state index contributed by atoms with van der Waals surface area (Å²) in [5, 5.41) is 19.6. The molecule has 4 heteroatoms. The molecule has 0 unspecified atom stereocenters. The van der Waals surface area contributed by atoms with Gasteiger partial charge in [0.2, 0.25) is 0 Å². The summed E-state index contributed by atoms with van der Waals surface area (Å²) in [6.45, 7) is 0. The van der Waals surface area contributed by atoms with Gasteiger partial charge in [-0.15, -0.1) is 5.10 Å². The van der Waals surface area contributed by atoms with Crippen molar-refractivity contribution < 1.29 is 9.90 Å². The van der Waals surface area contributed by atoms with Gasteiger partial charge < -0.3 is 5.11 Å². The number of carboxylic acid groups (broad SMARTS) is 1. The van der Waals surface area contributed by atoms with Crippen LogP contribution in [0.2, 0.25) is 0 Å². The summed E-state index contributed by atoms with van der Waals surface area (Å²) in [5.74, 6) is -0.937. The van der Waals surface area contributed by atoms with E-state index in [0.717, 1.165) is 21.7 Å². The van der Waals surface area contributed by atoms with Crippen molar-refractivity contribution in [1.29, 1.82) is 0 Å². The molecule has 3 aromatic rings. The van der Waals surface area contributed by atoms with Gasteiger partial charge in [-0.2, -0.15) is 5.10 Å². The van der Waals surface area contributed by atoms with E-state index in [4.69, 9.17) is 5.11 Å². The predicted molar refractivity (Wildman–Crippen MR) is 64.0 cm³/mol. The number of fused-ring (bicyclic) bond motifs is 3. The number of nitrogens with zero attached hydrogens (tertiary/aromatic N) is 2. The molecule has 0 bridgehead atoms. The van der Waals surface area contributed by atoms with Crippen molar-refractivity contribution in [1.82, 2.24) is 10.2 Å². The normalized spacial score (nSPS) is 10.8. The Kier molecular flexibility index (Phi) is 2.01. The topological polar surface area (TPSA) is 63.1 Å². The van der Waals surface area contributed by atoms with Crippen LogP contribution in [0.15, 0.2) is 42.6 Å². The first-order valence-electron chi connectivity index (χ1n) is 5.13. The van der Waals surface area contributed by atoms with E-state index in [9.17, 15) is 4.79 Å². The summed E-state index contributed by atoms with van der Waals surface area (Å²) in [7, 11) is 0. The van der Waals surface area contributed by atoms with E-state index in [1.165, 1.54) is 0 Å². The Morgan fingerprint density at radius 1 is 1.06 bits per heavy atom. The maximum absolute atomic E-state index is 10.9. The van der Waals surface area contributed by atoms with E-state index in [1.807, 2.05) is 18.2 Å². The standard InChI is InChI=1S/C13H8N2O2/c16-13(17)10-4-2-8-1-3-9-5-6-14-15-12(9)11(8)7-10/h1-7H,(H,16,17). The molecule has 0 saturated carbocycles. The second kappa shape index (κ2) is 3.52. The largest absolute Gasteiger partial charge is 0.478 e. The van der Waals surface area contributed by atoms with Gasteiger partial charge in [0.05, 0.1) is 11.8 Å². The highest BCUT2D eigenvalue weighted by atomic mass is 16.4. The molecule has 0 aliphatic heterocycles. The highest BCUT2D eigenvalue weighted by Crippen LogP contribution is 2.23. The van der Waals surface area contributed by atoms with E-state index in [0.29, 0.717) is 0 Å². The molecule has 0 fully saturated rings. The van der Waals surface area contributed by atoms with Crippen molar-refractivity contribution in [2.24, 2.45) is 0 Å². The molecule has 17 heavy (non-hydrogen) atoms. The zero-order valence-electron chi connectivity index (χ0n) is 8.79. The molecule has 0 aliphatic carbocycles. The van der Waals surface area contributed by atoms with Crippen LogP contribution in [0.3, 0.4) is 0 Å². The zero-order chi connectivity index (χ0) is 11.8. The third-order valence-corrected chi connectivity index (χ3v) is 2.75. The Hall–Kier alpha value is -2.49. The molecular formula is C13H8N2O2. The Morgan fingerprint density at radius 3 is 2.65 bits per heavy atom. The summed E-state index contributed by atoms with van der Waals surface area (Å²) in [6.07, 6.45) is 1.62. The fourth-order valence-corrected chi connectivity index (χ4v) is 1.90. The van der Waals surface area contributed by atoms with Crippen molar-refractivity contribution in [3.8, 4) is 0 Å². The van der Waals surface area contributed by atoms with Gasteiger partial charge in [0.25, 0.3) is 0 Å². The number of benzene rings is 2. The van der Waals surface area contributed by atoms with Crippen LogP contribution >= 0.6 is 0 Å². The molecule has 0 spiro atoms. The van der Waals surface area contributed by atoms with Crippen molar-refractivity contribution in [3.63, 3.8) is 0 Å². The lowest BCUT2D eigenvalue weighted by atomic mass is 10.0. The third-order valence-electron chi connectivity index (χ3n) is 2.75. The Morgan fingerprint density at radius 2 is 1.82 bits per heavy atom. The number of carbonyl (C=O) groups is 1. The lowest BCUT2D eigenvalue weighted by molar-refractivity contribution is 0.0697. The molecule has 0 saturated heterocycles. The van der Waals surface area contributed by atoms with Crippen molar-refractivity contribution in [2.75, 3.05) is 0 Å². The van der Waals surface area contributed by atoms with Crippen LogP contribution in [0.25, 0.3) is 21.7 Å². The molecular weight excluding hydrogens is 216 g/mol. The number of aromatic nitrogens is 2. The summed E-state index contributed by atoms with van der Waals surface area (Å²) in [6, 6.07) is 10.8. The molecule has 0 radical (unpaired) electrons. The monoisotopic (exact) mass is 224 g/mol. The molecule has 1 aromatic heterocycles. The minimum Gasteiger partial charge on any atom is -0.478 e. The predicted octanol–water partition coefficient (Wildman–Crippen LogP) is 2.48. The van der Waals surface area contributed by atoms with Crippen LogP contribution < -0.4 is 0 Å². The van der Waals surface area contributed by atoms with E-state index in [2.05, 4.69) is 10.2 Å². The second-order valence-corrected chi connectivity index (χ2v) is 3.78. The number of hydrogen-bond acceptors (Lipinski definition) is 3. The van der Waals surface area contributed by atoms with Gasteiger partial charge >= 0.3 is 5.97 Å². The molecule has 2 aromatic carbocycles. The van der Waals surface area contributed by atoms with Crippen LogP contribution in [0.5, 0.6) is 0 Å². The maximum Gasteiger partial charge on any atom is 0.335 e. The average molecular weight is 224 g/mol. The molecule has 1 heterocycles. The van der Waals surface area contributed by atoms with Gasteiger partial charge in [-0.05, 0) is 23.6 Å². The van der Waals surface area contributed by atoms with Crippen LogP contribution in [0.4, 0.5) is 0 Å². The van der Waals surface area contributed by atoms with Crippen LogP contribution in [0, 0.1) is 0 Å². The minimum atomic E-state index is -0.937. The van der Waals surface area contributed by atoms with E-state index in [1.54, 1.807) is 24.4 Å². The highest BCUT2D eigenvalue weighted by molar-refractivity contribution is 6.07. The van der Waals surface area contributed by atoms with Gasteiger partial charge in [-0.25, -0.2) is 4.79 Å². The van der Waals surface area contributed by atoms with E-state index < -0.39 is 5.97 Å². The number of rotatable bonds is 1. The fourth-order valence-electron chi connectivity index (χ4n) is 1.90. The van der Waals surface area contributed by atoms with Gasteiger partial charge in [-0.3, -0.25) is 0 Å². The number of carboxylic acids is 1. The summed E-state index contributed by atoms with van der Waals surface area (Å²) < 4.78 is 0. The Bertz CT molecular complexity index is 738. The van der Waals surface area contributed by atoms with Crippen LogP contribution in [-0.4, -0.2) is 21.3 Å². The zero-order valence-corrected chi connectivity index (χ0v) is 8.79. The summed E-state index contributed by atoms with van der Waals surface area (Å²) >= 11 is 0. The van der Waals surface area contributed by atoms with Gasteiger partial charge in [0, 0.05) is 10.8 Å². The molecule has 1 N–H and O–H groups in total. The first kappa shape index (κ1) is 9.72. The van der Waals surface area contributed by atoms with Crippen molar-refractivity contribution >= 4 is 27.6 Å². The van der Waals surface area contributed by atoms with Crippen molar-refractivity contribution in [2.45, 2.75) is 0 Å². The lowest BCUT2D eigenvalue weighted by Crippen LogP contribution is -1.95. The van der Waals surface area contributed by atoms with E-state index >= 15 is 0 Å². The van der Waals surface area contributed by atoms with Gasteiger partial charge in [-0.1, -0.05) is 18.2 Å². The minimum absolute atomic E-state index is 0.260. The maximum atomic E-state index is 10.9. The first-order chi connectivity index (χ1) is 8.25. The second-order valence-electron chi connectivity index (χ2n) is 3.78. The third kappa shape index (κ3) is 1.50. The Labute approximate surface area is 96.5 Å². The summed E-state index contributed by atoms with van der Waals surface area (Å²) in [4.78, 5) is 10.9. The average Bonchev–Trinajstić information content (AvgIpc) is 2.38. The smallest absolute Gasteiger partial charge is 0.335 e. The van der Waals surface area contributed by atoms with Gasteiger partial charge in [0.15, 0.2) is 0 Å². The van der Waals surface area contributed by atoms with Crippen LogP contribution in [0.1, 0.15) is 10.4 Å². The summed E-state index contributed by atoms with van der Waals surface area (Å²) in [5.41, 5.74) is 0.990. The SMILES string of the molecule is O=C(O)c1ccc2ccc3ccnnc3c2c1. The van der Waals surface area contributed by atoms with Crippen molar-refractivity contribution in [3.05, 3.63) is 48.2 Å². The quantitative estimate of drug-likeness (QED) is 0.645. The molecule has 3 rings (SSSR count). The molecule has 0 atom stereocenters. The molecule has 0 amide bonds. The molecule has 82 valence electrons. The van der Waals surface area contributed by atoms with Gasteiger partial charge in [0.1, 0.15) is 5.52 Å². The molecule has 0 aliphatic rings.